The van der Waals surface area contributed by atoms with Crippen LogP contribution < -0.4 is 14.8 Å². The number of nitrogens with zero attached hydrogens (tertiary/aromatic N) is 2. The Morgan fingerprint density at radius 3 is 2.81 bits per heavy atom. The predicted molar refractivity (Wildman–Crippen MR) is 112 cm³/mol. The minimum absolute atomic E-state index is 0.152. The fraction of sp³-hybridized carbons (Fsp3) is 0.364. The SMILES string of the molecule is CSc1nc(C2CC2)cc(C(=O)OC(C)C(=O)NCc2ccc3c(c2)OCO3)c1C#N. The largest absolute Gasteiger partial charge is 0.454 e. The van der Waals surface area contributed by atoms with Crippen molar-refractivity contribution in [2.24, 2.45) is 0 Å². The molecule has 1 aromatic carbocycles. The first-order valence-corrected chi connectivity index (χ1v) is 11.1. The van der Waals surface area contributed by atoms with Crippen LogP contribution in [0.2, 0.25) is 0 Å². The summed E-state index contributed by atoms with van der Waals surface area (Å²) in [5.41, 5.74) is 1.94. The lowest BCUT2D eigenvalue weighted by atomic mass is 10.1. The van der Waals surface area contributed by atoms with Crippen LogP contribution in [0.3, 0.4) is 0 Å². The number of benzene rings is 1. The normalized spacial score (nSPS) is 15.1. The van der Waals surface area contributed by atoms with Crippen molar-refractivity contribution in [3.63, 3.8) is 0 Å². The molecule has 1 aliphatic heterocycles. The van der Waals surface area contributed by atoms with Gasteiger partial charge in [-0.2, -0.15) is 5.26 Å². The van der Waals surface area contributed by atoms with E-state index in [2.05, 4.69) is 10.3 Å². The van der Waals surface area contributed by atoms with Crippen LogP contribution >= 0.6 is 11.8 Å². The quantitative estimate of drug-likeness (QED) is 0.517. The number of aromatic nitrogens is 1. The maximum absolute atomic E-state index is 12.8. The summed E-state index contributed by atoms with van der Waals surface area (Å²) in [6.07, 6.45) is 2.81. The highest BCUT2D eigenvalue weighted by molar-refractivity contribution is 7.98. The summed E-state index contributed by atoms with van der Waals surface area (Å²) in [4.78, 5) is 29.7. The molecule has 160 valence electrons. The van der Waals surface area contributed by atoms with Gasteiger partial charge < -0.3 is 19.5 Å². The lowest BCUT2D eigenvalue weighted by molar-refractivity contribution is -0.129. The predicted octanol–water partition coefficient (Wildman–Crippen LogP) is 3.14. The molecule has 0 saturated heterocycles. The van der Waals surface area contributed by atoms with Gasteiger partial charge in [-0.25, -0.2) is 9.78 Å². The number of thioether (sulfide) groups is 1. The van der Waals surface area contributed by atoms with Gasteiger partial charge in [0, 0.05) is 18.2 Å². The monoisotopic (exact) mass is 439 g/mol. The molecule has 1 saturated carbocycles. The fourth-order valence-corrected chi connectivity index (χ4v) is 3.76. The molecule has 4 rings (SSSR count). The Bertz CT molecular complexity index is 1080. The Hall–Kier alpha value is -3.25. The molecular weight excluding hydrogens is 418 g/mol. The van der Waals surface area contributed by atoms with E-state index in [-0.39, 0.29) is 24.5 Å². The number of rotatable bonds is 7. The first kappa shape index (κ1) is 21.0. The molecule has 0 radical (unpaired) electrons. The number of esters is 1. The highest BCUT2D eigenvalue weighted by Crippen LogP contribution is 2.40. The van der Waals surface area contributed by atoms with Crippen LogP contribution in [-0.4, -0.2) is 36.0 Å². The zero-order chi connectivity index (χ0) is 22.0. The first-order valence-electron chi connectivity index (χ1n) is 9.86. The molecule has 1 fully saturated rings. The summed E-state index contributed by atoms with van der Waals surface area (Å²) in [6.45, 7) is 1.93. The Morgan fingerprint density at radius 1 is 1.32 bits per heavy atom. The summed E-state index contributed by atoms with van der Waals surface area (Å²) in [5.74, 6) is 0.461. The second-order valence-corrected chi connectivity index (χ2v) is 8.11. The number of carbonyl (C=O) groups is 2. The number of hydrogen-bond acceptors (Lipinski definition) is 8. The number of amides is 1. The zero-order valence-corrected chi connectivity index (χ0v) is 18.0. The van der Waals surface area contributed by atoms with E-state index < -0.39 is 18.0 Å². The topological polar surface area (TPSA) is 111 Å². The van der Waals surface area contributed by atoms with Gasteiger partial charge >= 0.3 is 5.97 Å². The number of pyridine rings is 1. The molecule has 0 bridgehead atoms. The maximum Gasteiger partial charge on any atom is 0.340 e. The van der Waals surface area contributed by atoms with Gasteiger partial charge in [-0.05, 0) is 49.8 Å². The molecule has 2 aromatic rings. The molecule has 1 unspecified atom stereocenters. The second-order valence-electron chi connectivity index (χ2n) is 7.32. The van der Waals surface area contributed by atoms with Gasteiger partial charge in [0.2, 0.25) is 6.79 Å². The second kappa shape index (κ2) is 8.86. The van der Waals surface area contributed by atoms with Gasteiger partial charge in [-0.3, -0.25) is 4.79 Å². The molecule has 1 aliphatic carbocycles. The number of nitriles is 1. The standard InChI is InChI=1S/C22H21N3O5S/c1-12(20(26)24-10-13-3-6-18-19(7-13)29-11-28-18)30-22(27)15-8-17(14-4-5-14)25-21(31-2)16(15)9-23/h3,6-8,12,14H,4-5,10-11H2,1-2H3,(H,24,26). The van der Waals surface area contributed by atoms with E-state index in [0.29, 0.717) is 22.4 Å². The van der Waals surface area contributed by atoms with Crippen molar-refractivity contribution in [1.29, 1.82) is 5.26 Å². The van der Waals surface area contributed by atoms with Gasteiger partial charge in [0.1, 0.15) is 11.1 Å². The van der Waals surface area contributed by atoms with Crippen LogP contribution in [-0.2, 0) is 16.1 Å². The van der Waals surface area contributed by atoms with Crippen molar-refractivity contribution in [2.75, 3.05) is 13.0 Å². The molecule has 1 N–H and O–H groups in total. The maximum atomic E-state index is 12.8. The molecule has 1 aromatic heterocycles. The molecular formula is C22H21N3O5S. The Labute approximate surface area is 183 Å². The van der Waals surface area contributed by atoms with Crippen LogP contribution in [0.15, 0.2) is 29.3 Å². The van der Waals surface area contributed by atoms with Crippen LogP contribution in [0.1, 0.15) is 52.9 Å². The number of carbonyl (C=O) groups excluding carboxylic acids is 2. The van der Waals surface area contributed by atoms with E-state index in [1.165, 1.54) is 18.7 Å². The number of nitrogens with one attached hydrogen (secondary N) is 1. The highest BCUT2D eigenvalue weighted by atomic mass is 32.2. The lowest BCUT2D eigenvalue weighted by Gasteiger charge is -2.15. The van der Waals surface area contributed by atoms with E-state index in [9.17, 15) is 14.9 Å². The molecule has 9 heteroatoms. The third kappa shape index (κ3) is 4.59. The highest BCUT2D eigenvalue weighted by Gasteiger charge is 2.30. The van der Waals surface area contributed by atoms with Crippen molar-refractivity contribution in [2.45, 2.75) is 43.4 Å². The summed E-state index contributed by atoms with van der Waals surface area (Å²) in [7, 11) is 0. The van der Waals surface area contributed by atoms with Gasteiger partial charge in [0.15, 0.2) is 17.6 Å². The van der Waals surface area contributed by atoms with Gasteiger partial charge in [-0.15, -0.1) is 11.8 Å². The molecule has 1 amide bonds. The van der Waals surface area contributed by atoms with Gasteiger partial charge in [0.05, 0.1) is 11.1 Å². The lowest BCUT2D eigenvalue weighted by Crippen LogP contribution is -2.35. The number of hydrogen-bond donors (Lipinski definition) is 1. The smallest absolute Gasteiger partial charge is 0.340 e. The van der Waals surface area contributed by atoms with E-state index >= 15 is 0 Å². The summed E-state index contributed by atoms with van der Waals surface area (Å²) in [5, 5.41) is 12.8. The molecule has 2 heterocycles. The molecule has 0 spiro atoms. The van der Waals surface area contributed by atoms with E-state index in [0.717, 1.165) is 24.1 Å². The average Bonchev–Trinajstić information content (AvgIpc) is 3.53. The Balaban J connectivity index is 1.41. The van der Waals surface area contributed by atoms with Crippen LogP contribution in [0, 0.1) is 11.3 Å². The summed E-state index contributed by atoms with van der Waals surface area (Å²) >= 11 is 1.31. The van der Waals surface area contributed by atoms with Gasteiger partial charge in [0.25, 0.3) is 5.91 Å². The minimum Gasteiger partial charge on any atom is -0.454 e. The van der Waals surface area contributed by atoms with Crippen LogP contribution in [0.25, 0.3) is 0 Å². The van der Waals surface area contributed by atoms with E-state index in [1.807, 2.05) is 12.1 Å². The third-order valence-corrected chi connectivity index (χ3v) is 5.77. The van der Waals surface area contributed by atoms with Gasteiger partial charge in [-0.1, -0.05) is 6.07 Å². The van der Waals surface area contributed by atoms with Crippen molar-refractivity contribution >= 4 is 23.6 Å². The first-order chi connectivity index (χ1) is 15.0. The number of ether oxygens (including phenoxy) is 3. The fourth-order valence-electron chi connectivity index (χ4n) is 3.21. The van der Waals surface area contributed by atoms with Crippen LogP contribution in [0.4, 0.5) is 0 Å². The van der Waals surface area contributed by atoms with E-state index in [1.54, 1.807) is 24.5 Å². The number of fused-ring (bicyclic) bond motifs is 1. The summed E-state index contributed by atoms with van der Waals surface area (Å²) in [6, 6.07) is 9.06. The average molecular weight is 439 g/mol. The molecule has 31 heavy (non-hydrogen) atoms. The van der Waals surface area contributed by atoms with Crippen molar-refractivity contribution in [3.8, 4) is 17.6 Å². The molecule has 2 aliphatic rings. The van der Waals surface area contributed by atoms with E-state index in [4.69, 9.17) is 14.2 Å². The Morgan fingerprint density at radius 2 is 2.10 bits per heavy atom. The minimum atomic E-state index is -1.02. The Kier molecular flexibility index (Phi) is 6.00. The van der Waals surface area contributed by atoms with Crippen molar-refractivity contribution in [3.05, 3.63) is 46.6 Å². The van der Waals surface area contributed by atoms with Crippen molar-refractivity contribution < 1.29 is 23.8 Å². The van der Waals surface area contributed by atoms with Crippen molar-refractivity contribution in [1.82, 2.24) is 10.3 Å². The molecule has 8 nitrogen and oxygen atoms in total. The molecule has 1 atom stereocenters. The van der Waals surface area contributed by atoms with Crippen LogP contribution in [0.5, 0.6) is 11.5 Å². The zero-order valence-electron chi connectivity index (χ0n) is 17.1. The summed E-state index contributed by atoms with van der Waals surface area (Å²) < 4.78 is 16.0. The third-order valence-electron chi connectivity index (χ3n) is 5.08.